The van der Waals surface area contributed by atoms with Crippen LogP contribution in [0.3, 0.4) is 0 Å². The van der Waals surface area contributed by atoms with Crippen LogP contribution in [0.5, 0.6) is 0 Å². The smallest absolute Gasteiger partial charge is 0.301 e. The molecule has 18 heavy (non-hydrogen) atoms. The van der Waals surface area contributed by atoms with Gasteiger partial charge in [-0.3, -0.25) is 10.2 Å². The molecule has 1 aliphatic rings. The van der Waals surface area contributed by atoms with Crippen molar-refractivity contribution >= 4 is 28.9 Å². The Kier molecular flexibility index (Phi) is 3.16. The highest BCUT2D eigenvalue weighted by Crippen LogP contribution is 2.31. The molecule has 3 nitrogen and oxygen atoms in total. The SMILES string of the molecule is N=C1NC(=O)/C(=C\c2cccc(C(F)(F)F)c2)S1. The molecule has 0 spiro atoms. The lowest BCUT2D eigenvalue weighted by Crippen LogP contribution is -2.18. The third kappa shape index (κ3) is 2.73. The van der Waals surface area contributed by atoms with Gasteiger partial charge in [0.15, 0.2) is 5.17 Å². The largest absolute Gasteiger partial charge is 0.416 e. The number of carbonyl (C=O) groups excluding carboxylic acids is 1. The number of nitrogens with one attached hydrogen (secondary N) is 2. The number of amides is 1. The highest BCUT2D eigenvalue weighted by Gasteiger charge is 2.30. The van der Waals surface area contributed by atoms with E-state index in [9.17, 15) is 18.0 Å². The summed E-state index contributed by atoms with van der Waals surface area (Å²) in [4.78, 5) is 11.5. The molecule has 7 heteroatoms. The number of carbonyl (C=O) groups is 1. The first-order valence-corrected chi connectivity index (χ1v) is 5.64. The van der Waals surface area contributed by atoms with E-state index in [1.165, 1.54) is 18.2 Å². The lowest BCUT2D eigenvalue weighted by Gasteiger charge is -2.06. The van der Waals surface area contributed by atoms with Crippen molar-refractivity contribution in [3.8, 4) is 0 Å². The van der Waals surface area contributed by atoms with Crippen LogP contribution in [0.15, 0.2) is 29.2 Å². The number of thioether (sulfide) groups is 1. The van der Waals surface area contributed by atoms with Crippen LogP contribution in [0, 0.1) is 5.41 Å². The van der Waals surface area contributed by atoms with Crippen LogP contribution in [-0.2, 0) is 11.0 Å². The molecule has 1 amide bonds. The summed E-state index contributed by atoms with van der Waals surface area (Å²) in [7, 11) is 0. The van der Waals surface area contributed by atoms with Crippen molar-refractivity contribution in [1.82, 2.24) is 5.32 Å². The second-order valence-electron chi connectivity index (χ2n) is 3.52. The number of hydrogen-bond acceptors (Lipinski definition) is 3. The van der Waals surface area contributed by atoms with Gasteiger partial charge in [0.05, 0.1) is 10.5 Å². The number of amidine groups is 1. The van der Waals surface area contributed by atoms with Gasteiger partial charge in [-0.2, -0.15) is 13.2 Å². The molecular formula is C11H7F3N2OS. The van der Waals surface area contributed by atoms with Gasteiger partial charge in [0.2, 0.25) is 0 Å². The van der Waals surface area contributed by atoms with E-state index in [0.29, 0.717) is 0 Å². The molecule has 2 rings (SSSR count). The zero-order valence-corrected chi connectivity index (χ0v) is 9.65. The molecular weight excluding hydrogens is 265 g/mol. The summed E-state index contributed by atoms with van der Waals surface area (Å²) >= 11 is 0.884. The van der Waals surface area contributed by atoms with Crippen molar-refractivity contribution in [2.45, 2.75) is 6.18 Å². The molecule has 1 fully saturated rings. The summed E-state index contributed by atoms with van der Waals surface area (Å²) in [6.07, 6.45) is -3.08. The minimum Gasteiger partial charge on any atom is -0.301 e. The van der Waals surface area contributed by atoms with Crippen LogP contribution in [0.4, 0.5) is 13.2 Å². The maximum absolute atomic E-state index is 12.5. The third-order valence-electron chi connectivity index (χ3n) is 2.17. The zero-order valence-electron chi connectivity index (χ0n) is 8.84. The van der Waals surface area contributed by atoms with Crippen LogP contribution in [-0.4, -0.2) is 11.1 Å². The summed E-state index contributed by atoms with van der Waals surface area (Å²) in [5, 5.41) is 9.45. The van der Waals surface area contributed by atoms with Gasteiger partial charge >= 0.3 is 6.18 Å². The number of alkyl halides is 3. The van der Waals surface area contributed by atoms with E-state index in [0.717, 1.165) is 23.9 Å². The van der Waals surface area contributed by atoms with E-state index in [1.54, 1.807) is 0 Å². The maximum Gasteiger partial charge on any atom is 0.416 e. The van der Waals surface area contributed by atoms with Crippen molar-refractivity contribution < 1.29 is 18.0 Å². The Morgan fingerprint density at radius 3 is 2.61 bits per heavy atom. The normalized spacial score (nSPS) is 18.3. The van der Waals surface area contributed by atoms with Gasteiger partial charge in [-0.25, -0.2) is 0 Å². The number of rotatable bonds is 1. The molecule has 0 bridgehead atoms. The van der Waals surface area contributed by atoms with Crippen LogP contribution in [0.25, 0.3) is 6.08 Å². The number of hydrogen-bond donors (Lipinski definition) is 2. The Morgan fingerprint density at radius 1 is 1.33 bits per heavy atom. The fourth-order valence-corrected chi connectivity index (χ4v) is 2.10. The standard InChI is InChI=1S/C11H7F3N2OS/c12-11(13,14)7-3-1-2-6(4-7)5-8-9(17)16-10(15)18-8/h1-5H,(H2,15,16,17)/b8-5+. The monoisotopic (exact) mass is 272 g/mol. The Balaban J connectivity index is 2.33. The lowest BCUT2D eigenvalue weighted by atomic mass is 10.1. The average Bonchev–Trinajstić information content (AvgIpc) is 2.56. The van der Waals surface area contributed by atoms with Crippen molar-refractivity contribution in [3.63, 3.8) is 0 Å². The van der Waals surface area contributed by atoms with Crippen LogP contribution in [0.1, 0.15) is 11.1 Å². The molecule has 0 saturated carbocycles. The Morgan fingerprint density at radius 2 is 2.06 bits per heavy atom. The zero-order chi connectivity index (χ0) is 13.3. The predicted octanol–water partition coefficient (Wildman–Crippen LogP) is 2.84. The molecule has 2 N–H and O–H groups in total. The van der Waals surface area contributed by atoms with Crippen LogP contribution < -0.4 is 5.32 Å². The van der Waals surface area contributed by atoms with Gasteiger partial charge in [0.25, 0.3) is 5.91 Å². The van der Waals surface area contributed by atoms with Gasteiger partial charge in [0.1, 0.15) is 0 Å². The molecule has 0 aromatic heterocycles. The molecule has 0 radical (unpaired) electrons. The predicted molar refractivity (Wildman–Crippen MR) is 62.9 cm³/mol. The molecule has 1 aliphatic heterocycles. The first-order valence-electron chi connectivity index (χ1n) is 4.83. The fraction of sp³-hybridized carbons (Fsp3) is 0.0909. The maximum atomic E-state index is 12.5. The van der Waals surface area contributed by atoms with Crippen LogP contribution in [0.2, 0.25) is 0 Å². The third-order valence-corrected chi connectivity index (χ3v) is 3.00. The number of benzene rings is 1. The van der Waals surface area contributed by atoms with E-state index < -0.39 is 17.6 Å². The summed E-state index contributed by atoms with van der Waals surface area (Å²) in [6.45, 7) is 0. The fourth-order valence-electron chi connectivity index (χ4n) is 1.40. The van der Waals surface area contributed by atoms with Gasteiger partial charge in [-0.1, -0.05) is 12.1 Å². The van der Waals surface area contributed by atoms with E-state index in [4.69, 9.17) is 5.41 Å². The minimum atomic E-state index is -4.41. The summed E-state index contributed by atoms with van der Waals surface area (Å²) in [5.41, 5.74) is -0.493. The summed E-state index contributed by atoms with van der Waals surface area (Å²) in [5.74, 6) is -0.470. The molecule has 1 aromatic carbocycles. The van der Waals surface area contributed by atoms with E-state index in [2.05, 4.69) is 5.32 Å². The van der Waals surface area contributed by atoms with Gasteiger partial charge in [0, 0.05) is 0 Å². The molecule has 0 aliphatic carbocycles. The Hall–Kier alpha value is -1.76. The topological polar surface area (TPSA) is 53.0 Å². The summed E-state index contributed by atoms with van der Waals surface area (Å²) < 4.78 is 37.4. The second-order valence-corrected chi connectivity index (χ2v) is 4.57. The van der Waals surface area contributed by atoms with E-state index in [1.807, 2.05) is 0 Å². The van der Waals surface area contributed by atoms with E-state index in [-0.39, 0.29) is 15.6 Å². The lowest BCUT2D eigenvalue weighted by molar-refractivity contribution is -0.137. The van der Waals surface area contributed by atoms with Crippen molar-refractivity contribution in [2.75, 3.05) is 0 Å². The molecule has 1 aromatic rings. The molecule has 1 heterocycles. The second kappa shape index (κ2) is 4.49. The van der Waals surface area contributed by atoms with Gasteiger partial charge in [-0.05, 0) is 35.5 Å². The quantitative estimate of drug-likeness (QED) is 0.772. The Bertz CT molecular complexity index is 551. The van der Waals surface area contributed by atoms with Crippen molar-refractivity contribution in [2.24, 2.45) is 0 Å². The number of halogens is 3. The first-order chi connectivity index (χ1) is 8.36. The average molecular weight is 272 g/mol. The highest BCUT2D eigenvalue weighted by atomic mass is 32.2. The minimum absolute atomic E-state index is 0.0294. The molecule has 94 valence electrons. The highest BCUT2D eigenvalue weighted by molar-refractivity contribution is 8.18. The summed E-state index contributed by atoms with van der Waals surface area (Å²) in [6, 6.07) is 4.67. The molecule has 0 unspecified atom stereocenters. The molecule has 0 atom stereocenters. The van der Waals surface area contributed by atoms with Gasteiger partial charge < -0.3 is 5.32 Å². The molecule has 1 saturated heterocycles. The first kappa shape index (κ1) is 12.7. The van der Waals surface area contributed by atoms with Crippen LogP contribution >= 0.6 is 11.8 Å². The van der Waals surface area contributed by atoms with Gasteiger partial charge in [-0.15, -0.1) is 0 Å². The Labute approximate surface area is 105 Å². The van der Waals surface area contributed by atoms with Crippen molar-refractivity contribution in [1.29, 1.82) is 5.41 Å². The van der Waals surface area contributed by atoms with Crippen molar-refractivity contribution in [3.05, 3.63) is 40.3 Å². The van der Waals surface area contributed by atoms with E-state index >= 15 is 0 Å².